The van der Waals surface area contributed by atoms with E-state index in [1.165, 1.54) is 24.3 Å². The lowest BCUT2D eigenvalue weighted by Gasteiger charge is -2.21. The van der Waals surface area contributed by atoms with E-state index >= 15 is 0 Å². The molecule has 0 saturated carbocycles. The van der Waals surface area contributed by atoms with Gasteiger partial charge in [0.1, 0.15) is 12.1 Å². The smallest absolute Gasteiger partial charge is 0.270 e. The summed E-state index contributed by atoms with van der Waals surface area (Å²) in [6, 6.07) is 19.2. The molecule has 148 valence electrons. The Bertz CT molecular complexity index is 974. The number of rotatable bonds is 8. The van der Waals surface area contributed by atoms with Gasteiger partial charge in [-0.05, 0) is 49.4 Å². The fraction of sp³-hybridized carbons (Fsp3) is 0.130. The molecule has 0 heterocycles. The molecule has 6 heteroatoms. The minimum Gasteiger partial charge on any atom is -0.490 e. The van der Waals surface area contributed by atoms with Crippen LogP contribution in [0.2, 0.25) is 0 Å². The molecular formula is C23H20FNO4. The first-order chi connectivity index (χ1) is 14.1. The van der Waals surface area contributed by atoms with E-state index in [1.54, 1.807) is 42.5 Å². The van der Waals surface area contributed by atoms with Gasteiger partial charge in [-0.25, -0.2) is 4.39 Å². The number of hydrogen-bond donors (Lipinski definition) is 1. The van der Waals surface area contributed by atoms with Crippen molar-refractivity contribution in [2.75, 3.05) is 11.9 Å². The minimum atomic E-state index is -0.984. The molecule has 0 aliphatic rings. The fourth-order valence-corrected chi connectivity index (χ4v) is 2.73. The van der Waals surface area contributed by atoms with Gasteiger partial charge in [0.25, 0.3) is 5.91 Å². The quantitative estimate of drug-likeness (QED) is 0.559. The highest BCUT2D eigenvalue weighted by Gasteiger charge is 2.24. The maximum absolute atomic E-state index is 13.1. The lowest BCUT2D eigenvalue weighted by atomic mass is 10.1. The summed E-state index contributed by atoms with van der Waals surface area (Å²) in [5.74, 6) is -0.117. The number of anilines is 1. The molecule has 0 spiro atoms. The summed E-state index contributed by atoms with van der Waals surface area (Å²) in [6.45, 7) is 2.18. The van der Waals surface area contributed by atoms with Gasteiger partial charge in [0.05, 0.1) is 6.61 Å². The monoisotopic (exact) mass is 393 g/mol. The van der Waals surface area contributed by atoms with Crippen molar-refractivity contribution in [3.8, 4) is 11.5 Å². The van der Waals surface area contributed by atoms with E-state index in [4.69, 9.17) is 9.47 Å². The average molecular weight is 393 g/mol. The third kappa shape index (κ3) is 5.19. The zero-order chi connectivity index (χ0) is 20.6. The molecule has 0 radical (unpaired) electrons. The van der Waals surface area contributed by atoms with Crippen LogP contribution in [-0.4, -0.2) is 18.8 Å². The third-order valence-electron chi connectivity index (χ3n) is 4.10. The standard InChI is InChI=1S/C23H20FNO4/c1-2-28-21-14-16(15-26)8-13-20(21)29-22(17-6-4-3-5-7-17)23(27)25-19-11-9-18(24)10-12-19/h3-15,22H,2H2,1H3,(H,25,27)/t22-/m1/s1. The van der Waals surface area contributed by atoms with Gasteiger partial charge in [-0.15, -0.1) is 0 Å². The number of amides is 1. The van der Waals surface area contributed by atoms with Gasteiger partial charge in [0, 0.05) is 16.8 Å². The summed E-state index contributed by atoms with van der Waals surface area (Å²) in [7, 11) is 0. The molecule has 0 bridgehead atoms. The Morgan fingerprint density at radius 1 is 1.03 bits per heavy atom. The molecule has 3 rings (SSSR count). The van der Waals surface area contributed by atoms with Crippen LogP contribution in [0.4, 0.5) is 10.1 Å². The topological polar surface area (TPSA) is 64.6 Å². The van der Waals surface area contributed by atoms with Crippen molar-refractivity contribution in [2.45, 2.75) is 13.0 Å². The molecule has 1 atom stereocenters. The number of halogens is 1. The number of ether oxygens (including phenoxy) is 2. The predicted octanol–water partition coefficient (Wildman–Crippen LogP) is 4.80. The number of carbonyl (C=O) groups is 2. The van der Waals surface area contributed by atoms with E-state index in [0.29, 0.717) is 41.2 Å². The molecule has 3 aromatic carbocycles. The second-order valence-corrected chi connectivity index (χ2v) is 6.16. The fourth-order valence-electron chi connectivity index (χ4n) is 2.73. The van der Waals surface area contributed by atoms with E-state index in [1.807, 2.05) is 13.0 Å². The van der Waals surface area contributed by atoms with E-state index in [2.05, 4.69) is 5.32 Å². The molecule has 0 fully saturated rings. The predicted molar refractivity (Wildman–Crippen MR) is 108 cm³/mol. The lowest BCUT2D eigenvalue weighted by molar-refractivity contribution is -0.123. The molecule has 29 heavy (non-hydrogen) atoms. The van der Waals surface area contributed by atoms with Crippen molar-refractivity contribution in [3.05, 3.63) is 89.7 Å². The molecule has 3 aromatic rings. The Hall–Kier alpha value is -3.67. The molecular weight excluding hydrogens is 373 g/mol. The van der Waals surface area contributed by atoms with Gasteiger partial charge in [-0.1, -0.05) is 30.3 Å². The van der Waals surface area contributed by atoms with Crippen molar-refractivity contribution < 1.29 is 23.5 Å². The Morgan fingerprint density at radius 2 is 1.76 bits per heavy atom. The summed E-state index contributed by atoms with van der Waals surface area (Å²) >= 11 is 0. The minimum absolute atomic E-state index is 0.334. The van der Waals surface area contributed by atoms with E-state index in [-0.39, 0.29) is 0 Å². The molecule has 1 amide bonds. The van der Waals surface area contributed by atoms with E-state index in [9.17, 15) is 14.0 Å². The van der Waals surface area contributed by atoms with Gasteiger partial charge in [0.15, 0.2) is 11.5 Å². The summed E-state index contributed by atoms with van der Waals surface area (Å²) in [4.78, 5) is 24.0. The van der Waals surface area contributed by atoms with Gasteiger partial charge in [-0.3, -0.25) is 9.59 Å². The summed E-state index contributed by atoms with van der Waals surface area (Å²) < 4.78 is 24.7. The molecule has 0 saturated heterocycles. The van der Waals surface area contributed by atoms with Crippen molar-refractivity contribution in [3.63, 3.8) is 0 Å². The van der Waals surface area contributed by atoms with Crippen molar-refractivity contribution in [1.29, 1.82) is 0 Å². The highest BCUT2D eigenvalue weighted by atomic mass is 19.1. The SMILES string of the molecule is CCOc1cc(C=O)ccc1O[C@@H](C(=O)Nc1ccc(F)cc1)c1ccccc1. The van der Waals surface area contributed by atoms with Crippen molar-refractivity contribution in [1.82, 2.24) is 0 Å². The normalized spacial score (nSPS) is 11.4. The zero-order valence-electron chi connectivity index (χ0n) is 15.8. The van der Waals surface area contributed by atoms with Crippen LogP contribution in [0.25, 0.3) is 0 Å². The Morgan fingerprint density at radius 3 is 2.41 bits per heavy atom. The highest BCUT2D eigenvalue weighted by molar-refractivity contribution is 5.95. The van der Waals surface area contributed by atoms with Crippen LogP contribution in [0.5, 0.6) is 11.5 Å². The first-order valence-corrected chi connectivity index (χ1v) is 9.10. The summed E-state index contributed by atoms with van der Waals surface area (Å²) in [6.07, 6.45) is -0.273. The molecule has 0 aliphatic carbocycles. The number of aldehydes is 1. The van der Waals surface area contributed by atoms with Gasteiger partial charge in [0.2, 0.25) is 6.10 Å². The largest absolute Gasteiger partial charge is 0.490 e. The number of benzene rings is 3. The van der Waals surface area contributed by atoms with Crippen molar-refractivity contribution >= 4 is 17.9 Å². The maximum atomic E-state index is 13.1. The van der Waals surface area contributed by atoms with Crippen LogP contribution < -0.4 is 14.8 Å². The van der Waals surface area contributed by atoms with E-state index in [0.717, 1.165) is 0 Å². The number of hydrogen-bond acceptors (Lipinski definition) is 4. The third-order valence-corrected chi connectivity index (χ3v) is 4.10. The molecule has 0 aromatic heterocycles. The Labute approximate surface area is 168 Å². The second kappa shape index (κ2) is 9.50. The molecule has 0 aliphatic heterocycles. The van der Waals surface area contributed by atoms with Gasteiger partial charge >= 0.3 is 0 Å². The average Bonchev–Trinajstić information content (AvgIpc) is 2.75. The second-order valence-electron chi connectivity index (χ2n) is 6.16. The molecule has 1 N–H and O–H groups in total. The van der Waals surface area contributed by atoms with E-state index < -0.39 is 17.8 Å². The van der Waals surface area contributed by atoms with Gasteiger partial charge < -0.3 is 14.8 Å². The molecule has 5 nitrogen and oxygen atoms in total. The Kier molecular flexibility index (Phi) is 6.58. The van der Waals surface area contributed by atoms with Crippen LogP contribution in [0.3, 0.4) is 0 Å². The Balaban J connectivity index is 1.91. The van der Waals surface area contributed by atoms with Crippen LogP contribution in [0, 0.1) is 5.82 Å². The van der Waals surface area contributed by atoms with Gasteiger partial charge in [-0.2, -0.15) is 0 Å². The van der Waals surface area contributed by atoms with Crippen LogP contribution in [0.1, 0.15) is 28.9 Å². The van der Waals surface area contributed by atoms with Crippen molar-refractivity contribution in [2.24, 2.45) is 0 Å². The van der Waals surface area contributed by atoms with Crippen LogP contribution in [-0.2, 0) is 4.79 Å². The summed E-state index contributed by atoms with van der Waals surface area (Å²) in [5, 5.41) is 2.73. The number of nitrogens with one attached hydrogen (secondary N) is 1. The van der Waals surface area contributed by atoms with Crippen LogP contribution in [0.15, 0.2) is 72.8 Å². The molecule has 0 unspecified atom stereocenters. The highest BCUT2D eigenvalue weighted by Crippen LogP contribution is 2.33. The first kappa shape index (κ1) is 20.1. The number of carbonyl (C=O) groups excluding carboxylic acids is 2. The zero-order valence-corrected chi connectivity index (χ0v) is 15.8. The maximum Gasteiger partial charge on any atom is 0.270 e. The first-order valence-electron chi connectivity index (χ1n) is 9.10. The lowest BCUT2D eigenvalue weighted by Crippen LogP contribution is -2.26. The van der Waals surface area contributed by atoms with Crippen LogP contribution >= 0.6 is 0 Å². The summed E-state index contributed by atoms with van der Waals surface area (Å²) in [5.41, 5.74) is 1.52.